The van der Waals surface area contributed by atoms with Crippen molar-refractivity contribution >= 4 is 0 Å². The number of nitrogens with two attached hydrogens (primary N) is 1. The molecule has 0 bridgehead atoms. The van der Waals surface area contributed by atoms with Crippen LogP contribution >= 0.6 is 0 Å². The second-order valence-electron chi connectivity index (χ2n) is 7.00. The summed E-state index contributed by atoms with van der Waals surface area (Å²) in [5, 5.41) is 0. The molecule has 1 atom stereocenters. The van der Waals surface area contributed by atoms with E-state index in [-0.39, 0.29) is 0 Å². The minimum absolute atomic E-state index is 0.326. The summed E-state index contributed by atoms with van der Waals surface area (Å²) >= 11 is 0. The zero-order valence-corrected chi connectivity index (χ0v) is 12.9. The predicted molar refractivity (Wildman–Crippen MR) is 79.8 cm³/mol. The first kappa shape index (κ1) is 15.9. The molecule has 0 aromatic carbocycles. The van der Waals surface area contributed by atoms with Crippen molar-refractivity contribution in [1.29, 1.82) is 0 Å². The summed E-state index contributed by atoms with van der Waals surface area (Å²) in [5.41, 5.74) is 6.08. The van der Waals surface area contributed by atoms with Gasteiger partial charge >= 0.3 is 0 Å². The van der Waals surface area contributed by atoms with Crippen LogP contribution in [-0.4, -0.2) is 56.6 Å². The molecule has 1 saturated heterocycles. The molecular formula is C15H33N3. The maximum atomic E-state index is 5.76. The van der Waals surface area contributed by atoms with Gasteiger partial charge in [-0.1, -0.05) is 20.3 Å². The molecule has 1 aliphatic heterocycles. The summed E-state index contributed by atoms with van der Waals surface area (Å²) in [5.74, 6) is 0.889. The fourth-order valence-corrected chi connectivity index (χ4v) is 2.79. The van der Waals surface area contributed by atoms with Gasteiger partial charge in [0.15, 0.2) is 0 Å². The fraction of sp³-hybridized carbons (Fsp3) is 1.00. The number of likely N-dealkylation sites (tertiary alicyclic amines) is 1. The van der Waals surface area contributed by atoms with Gasteiger partial charge in [-0.25, -0.2) is 0 Å². The van der Waals surface area contributed by atoms with Crippen LogP contribution in [0.1, 0.15) is 39.5 Å². The zero-order valence-electron chi connectivity index (χ0n) is 12.9. The third-order valence-electron chi connectivity index (χ3n) is 4.25. The lowest BCUT2D eigenvalue weighted by Gasteiger charge is -2.24. The van der Waals surface area contributed by atoms with E-state index in [4.69, 9.17) is 5.73 Å². The maximum absolute atomic E-state index is 5.76. The van der Waals surface area contributed by atoms with E-state index in [2.05, 4.69) is 37.7 Å². The topological polar surface area (TPSA) is 32.5 Å². The van der Waals surface area contributed by atoms with Crippen molar-refractivity contribution in [3.05, 3.63) is 0 Å². The van der Waals surface area contributed by atoms with Gasteiger partial charge in [0, 0.05) is 13.1 Å². The number of hydrogen-bond donors (Lipinski definition) is 1. The van der Waals surface area contributed by atoms with Gasteiger partial charge in [-0.2, -0.15) is 0 Å². The Morgan fingerprint density at radius 2 is 2.06 bits per heavy atom. The smallest absolute Gasteiger partial charge is 0.00193 e. The summed E-state index contributed by atoms with van der Waals surface area (Å²) in [4.78, 5) is 4.96. The molecule has 3 heteroatoms. The van der Waals surface area contributed by atoms with Gasteiger partial charge in [-0.3, -0.25) is 0 Å². The molecule has 108 valence electrons. The molecule has 1 rings (SSSR count). The van der Waals surface area contributed by atoms with Crippen LogP contribution in [0.4, 0.5) is 0 Å². The molecule has 1 fully saturated rings. The molecule has 0 saturated carbocycles. The van der Waals surface area contributed by atoms with E-state index in [0.717, 1.165) is 12.5 Å². The first-order valence-electron chi connectivity index (χ1n) is 7.50. The van der Waals surface area contributed by atoms with Crippen molar-refractivity contribution < 1.29 is 0 Å². The second-order valence-corrected chi connectivity index (χ2v) is 7.00. The quantitative estimate of drug-likeness (QED) is 0.674. The van der Waals surface area contributed by atoms with E-state index < -0.39 is 0 Å². The number of nitrogens with zero attached hydrogens (tertiary/aromatic N) is 2. The van der Waals surface area contributed by atoms with Crippen molar-refractivity contribution in [1.82, 2.24) is 9.80 Å². The van der Waals surface area contributed by atoms with Crippen molar-refractivity contribution in [2.24, 2.45) is 17.1 Å². The summed E-state index contributed by atoms with van der Waals surface area (Å²) in [6.45, 7) is 10.4. The number of unbranched alkanes of at least 4 members (excludes halogenated alkanes) is 1. The molecule has 1 aliphatic rings. The summed E-state index contributed by atoms with van der Waals surface area (Å²) < 4.78 is 0. The summed E-state index contributed by atoms with van der Waals surface area (Å²) in [6, 6.07) is 0. The van der Waals surface area contributed by atoms with Crippen LogP contribution in [0.15, 0.2) is 0 Å². The van der Waals surface area contributed by atoms with Gasteiger partial charge < -0.3 is 15.5 Å². The Bertz CT molecular complexity index is 228. The highest BCUT2D eigenvalue weighted by molar-refractivity contribution is 4.75. The molecule has 0 radical (unpaired) electrons. The standard InChI is InChI=1S/C15H33N3/c1-15(2,13-16)8-5-6-9-17(3)11-14-7-10-18(4)12-14/h14H,5-13,16H2,1-4H3. The Morgan fingerprint density at radius 1 is 1.33 bits per heavy atom. The van der Waals surface area contributed by atoms with Crippen LogP contribution in [0.5, 0.6) is 0 Å². The van der Waals surface area contributed by atoms with Crippen molar-refractivity contribution in [2.75, 3.05) is 46.8 Å². The van der Waals surface area contributed by atoms with Gasteiger partial charge in [0.1, 0.15) is 0 Å². The van der Waals surface area contributed by atoms with Crippen molar-refractivity contribution in [3.63, 3.8) is 0 Å². The first-order chi connectivity index (χ1) is 8.43. The van der Waals surface area contributed by atoms with Crippen LogP contribution in [-0.2, 0) is 0 Å². The molecule has 2 N–H and O–H groups in total. The zero-order chi connectivity index (χ0) is 13.6. The minimum atomic E-state index is 0.326. The van der Waals surface area contributed by atoms with Crippen LogP contribution in [0, 0.1) is 11.3 Å². The van der Waals surface area contributed by atoms with Gasteiger partial charge in [0.2, 0.25) is 0 Å². The normalized spacial score (nSPS) is 22.0. The van der Waals surface area contributed by atoms with Gasteiger partial charge in [0.05, 0.1) is 0 Å². The lowest BCUT2D eigenvalue weighted by atomic mass is 9.87. The van der Waals surface area contributed by atoms with Crippen molar-refractivity contribution in [3.8, 4) is 0 Å². The Morgan fingerprint density at radius 3 is 2.61 bits per heavy atom. The SMILES string of the molecule is CN(CCCCC(C)(C)CN)CC1CCN(C)C1. The molecule has 1 heterocycles. The van der Waals surface area contributed by atoms with Gasteiger partial charge in [-0.05, 0) is 64.3 Å². The summed E-state index contributed by atoms with van der Waals surface area (Å²) in [7, 11) is 4.50. The third kappa shape index (κ3) is 6.17. The first-order valence-corrected chi connectivity index (χ1v) is 7.50. The molecule has 0 aromatic rings. The maximum Gasteiger partial charge on any atom is 0.00193 e. The average molecular weight is 255 g/mol. The van der Waals surface area contributed by atoms with E-state index >= 15 is 0 Å². The monoisotopic (exact) mass is 255 g/mol. The predicted octanol–water partition coefficient (Wildman–Crippen LogP) is 2.03. The van der Waals surface area contributed by atoms with Crippen LogP contribution in [0.25, 0.3) is 0 Å². The Hall–Kier alpha value is -0.120. The summed E-state index contributed by atoms with van der Waals surface area (Å²) in [6.07, 6.45) is 5.24. The van der Waals surface area contributed by atoms with E-state index in [9.17, 15) is 0 Å². The third-order valence-corrected chi connectivity index (χ3v) is 4.25. The highest BCUT2D eigenvalue weighted by atomic mass is 15.1. The Kier molecular flexibility index (Phi) is 6.61. The molecule has 0 spiro atoms. The number of rotatable bonds is 8. The average Bonchev–Trinajstić information content (AvgIpc) is 2.70. The molecule has 0 aliphatic carbocycles. The minimum Gasteiger partial charge on any atom is -0.330 e. The van der Waals surface area contributed by atoms with E-state index in [1.807, 2.05) is 0 Å². The number of hydrogen-bond acceptors (Lipinski definition) is 3. The molecule has 18 heavy (non-hydrogen) atoms. The Labute approximate surface area is 114 Å². The highest BCUT2D eigenvalue weighted by Crippen LogP contribution is 2.21. The van der Waals surface area contributed by atoms with E-state index in [0.29, 0.717) is 5.41 Å². The van der Waals surface area contributed by atoms with Gasteiger partial charge in [0.25, 0.3) is 0 Å². The fourth-order valence-electron chi connectivity index (χ4n) is 2.79. The van der Waals surface area contributed by atoms with Crippen LogP contribution in [0.2, 0.25) is 0 Å². The van der Waals surface area contributed by atoms with Crippen molar-refractivity contribution in [2.45, 2.75) is 39.5 Å². The van der Waals surface area contributed by atoms with Crippen LogP contribution in [0.3, 0.4) is 0 Å². The van der Waals surface area contributed by atoms with Gasteiger partial charge in [-0.15, -0.1) is 0 Å². The largest absolute Gasteiger partial charge is 0.330 e. The Balaban J connectivity index is 2.05. The van der Waals surface area contributed by atoms with Crippen LogP contribution < -0.4 is 5.73 Å². The molecule has 0 aromatic heterocycles. The molecular weight excluding hydrogens is 222 g/mol. The lowest BCUT2D eigenvalue weighted by Crippen LogP contribution is -2.28. The lowest BCUT2D eigenvalue weighted by molar-refractivity contribution is 0.258. The second kappa shape index (κ2) is 7.46. The molecule has 0 amide bonds. The van der Waals surface area contributed by atoms with E-state index in [1.165, 1.54) is 51.9 Å². The molecule has 1 unspecified atom stereocenters. The van der Waals surface area contributed by atoms with E-state index in [1.54, 1.807) is 0 Å². The highest BCUT2D eigenvalue weighted by Gasteiger charge is 2.20. The molecule has 3 nitrogen and oxygen atoms in total.